The highest BCUT2D eigenvalue weighted by atomic mass is 32.1. The van der Waals surface area contributed by atoms with Crippen LogP contribution in [-0.4, -0.2) is 45.4 Å². The molecule has 3 N–H and O–H groups in total. The van der Waals surface area contributed by atoms with Crippen molar-refractivity contribution < 1.29 is 28.9 Å². The second kappa shape index (κ2) is 10.1. The molecule has 5 rings (SSSR count). The van der Waals surface area contributed by atoms with Gasteiger partial charge < -0.3 is 29.6 Å². The maximum atomic E-state index is 13.5. The Balaban J connectivity index is 1.51. The summed E-state index contributed by atoms with van der Waals surface area (Å²) in [5.41, 5.74) is 0.896. The molecule has 12 nitrogen and oxygen atoms in total. The summed E-state index contributed by atoms with van der Waals surface area (Å²) in [6, 6.07) is 12.2. The maximum Gasteiger partial charge on any atom is 0.357 e. The number of carbonyl (C=O) groups excluding carboxylic acids is 2. The van der Waals surface area contributed by atoms with E-state index in [2.05, 4.69) is 20.0 Å². The number of nitrogens with zero attached hydrogens (tertiary/aromatic N) is 3. The number of aromatic hydroxyl groups is 1. The molecule has 3 heterocycles. The van der Waals surface area contributed by atoms with Gasteiger partial charge in [-0.3, -0.25) is 4.79 Å². The van der Waals surface area contributed by atoms with Crippen molar-refractivity contribution in [2.45, 2.75) is 12.5 Å². The first-order chi connectivity index (χ1) is 18.4. The number of ether oxygens (including phenoxy) is 3. The van der Waals surface area contributed by atoms with Gasteiger partial charge in [0.1, 0.15) is 11.7 Å². The molecular formula is C25H19N5O7S. The molecule has 1 aliphatic heterocycles. The van der Waals surface area contributed by atoms with E-state index in [0.29, 0.717) is 28.2 Å². The molecule has 0 aliphatic carbocycles. The Morgan fingerprint density at radius 2 is 2.03 bits per heavy atom. The molecule has 4 aromatic rings. The zero-order valence-corrected chi connectivity index (χ0v) is 20.6. The Bertz CT molecular complexity index is 1630. The van der Waals surface area contributed by atoms with Crippen LogP contribution in [0.5, 0.6) is 17.4 Å². The normalized spacial score (nSPS) is 12.5. The summed E-state index contributed by atoms with van der Waals surface area (Å²) in [5, 5.41) is 24.4. The fourth-order valence-electron chi connectivity index (χ4n) is 3.94. The highest BCUT2D eigenvalue weighted by Crippen LogP contribution is 2.38. The summed E-state index contributed by atoms with van der Waals surface area (Å²) in [6.07, 6.45) is -0.00131. The molecule has 0 spiro atoms. The van der Waals surface area contributed by atoms with Crippen LogP contribution in [0.1, 0.15) is 27.7 Å². The number of anilines is 1. The number of carbonyl (C=O) groups is 2. The van der Waals surface area contributed by atoms with E-state index >= 15 is 0 Å². The SMILES string of the molecule is COC(=O)c1csc(NC(=O)[C@H](Cc2ccc(C#N)cc2)n2c(O)c(-c3ccc4c(c3)OCO4)[nH]c2=O)n1. The van der Waals surface area contributed by atoms with Crippen LogP contribution >= 0.6 is 11.3 Å². The van der Waals surface area contributed by atoms with Crippen LogP contribution < -0.4 is 20.5 Å². The summed E-state index contributed by atoms with van der Waals surface area (Å²) in [4.78, 5) is 45.0. The lowest BCUT2D eigenvalue weighted by atomic mass is 10.0. The monoisotopic (exact) mass is 533 g/mol. The first-order valence-corrected chi connectivity index (χ1v) is 12.0. The second-order valence-electron chi connectivity index (χ2n) is 8.11. The van der Waals surface area contributed by atoms with Crippen molar-refractivity contribution in [3.8, 4) is 34.7 Å². The van der Waals surface area contributed by atoms with Gasteiger partial charge in [0.05, 0.1) is 18.7 Å². The molecule has 38 heavy (non-hydrogen) atoms. The maximum absolute atomic E-state index is 13.5. The number of H-pyrrole nitrogens is 1. The Kier molecular flexibility index (Phi) is 6.55. The van der Waals surface area contributed by atoms with Crippen molar-refractivity contribution in [2.24, 2.45) is 0 Å². The summed E-state index contributed by atoms with van der Waals surface area (Å²) < 4.78 is 16.3. The Morgan fingerprint density at radius 3 is 2.76 bits per heavy atom. The van der Waals surface area contributed by atoms with Gasteiger partial charge in [-0.15, -0.1) is 11.3 Å². The van der Waals surface area contributed by atoms with E-state index in [0.717, 1.165) is 15.9 Å². The third kappa shape index (κ3) is 4.67. The van der Waals surface area contributed by atoms with E-state index in [4.69, 9.17) is 14.7 Å². The number of aromatic amines is 1. The van der Waals surface area contributed by atoms with Crippen LogP contribution in [0.2, 0.25) is 0 Å². The summed E-state index contributed by atoms with van der Waals surface area (Å²) in [7, 11) is 1.21. The molecule has 1 aliphatic rings. The van der Waals surface area contributed by atoms with Crippen molar-refractivity contribution >= 4 is 28.3 Å². The number of esters is 1. The molecule has 0 saturated heterocycles. The highest BCUT2D eigenvalue weighted by Gasteiger charge is 2.29. The number of benzene rings is 2. The van der Waals surface area contributed by atoms with Gasteiger partial charge >= 0.3 is 11.7 Å². The first-order valence-electron chi connectivity index (χ1n) is 11.1. The number of hydrogen-bond acceptors (Lipinski definition) is 10. The Morgan fingerprint density at radius 1 is 1.26 bits per heavy atom. The number of amides is 1. The van der Waals surface area contributed by atoms with Gasteiger partial charge in [-0.05, 0) is 35.9 Å². The number of fused-ring (bicyclic) bond motifs is 1. The lowest BCUT2D eigenvalue weighted by molar-refractivity contribution is -0.119. The molecule has 2 aromatic carbocycles. The smallest absolute Gasteiger partial charge is 0.357 e. The van der Waals surface area contributed by atoms with Crippen LogP contribution in [0.15, 0.2) is 52.6 Å². The van der Waals surface area contributed by atoms with Crippen molar-refractivity contribution in [3.05, 3.63) is 75.1 Å². The van der Waals surface area contributed by atoms with Crippen LogP contribution in [0.4, 0.5) is 5.13 Å². The van der Waals surface area contributed by atoms with Gasteiger partial charge in [0.25, 0.3) is 0 Å². The van der Waals surface area contributed by atoms with Crippen LogP contribution in [0, 0.1) is 11.3 Å². The summed E-state index contributed by atoms with van der Waals surface area (Å²) in [5.74, 6) is -0.801. The number of nitriles is 1. The predicted octanol–water partition coefficient (Wildman–Crippen LogP) is 2.81. The molecule has 0 fully saturated rings. The van der Waals surface area contributed by atoms with Gasteiger partial charge in [-0.25, -0.2) is 19.1 Å². The molecule has 2 aromatic heterocycles. The zero-order valence-electron chi connectivity index (χ0n) is 19.8. The van der Waals surface area contributed by atoms with Crippen molar-refractivity contribution in [3.63, 3.8) is 0 Å². The minimum absolute atomic E-state index is 0.00131. The van der Waals surface area contributed by atoms with Crippen LogP contribution in [0.3, 0.4) is 0 Å². The Labute approximate surface area is 218 Å². The summed E-state index contributed by atoms with van der Waals surface area (Å²) in [6.45, 7) is 0.0591. The molecule has 0 saturated carbocycles. The van der Waals surface area contributed by atoms with Crippen LogP contribution in [-0.2, 0) is 16.0 Å². The van der Waals surface area contributed by atoms with Gasteiger partial charge in [0.15, 0.2) is 22.3 Å². The van der Waals surface area contributed by atoms with Crippen molar-refractivity contribution in [1.82, 2.24) is 14.5 Å². The third-order valence-electron chi connectivity index (χ3n) is 5.82. The average Bonchev–Trinajstić information content (AvgIpc) is 3.66. The molecule has 0 bridgehead atoms. The number of rotatable bonds is 7. The van der Waals surface area contributed by atoms with E-state index in [-0.39, 0.29) is 29.7 Å². The highest BCUT2D eigenvalue weighted by molar-refractivity contribution is 7.14. The van der Waals surface area contributed by atoms with E-state index in [9.17, 15) is 19.5 Å². The molecule has 192 valence electrons. The summed E-state index contributed by atoms with van der Waals surface area (Å²) >= 11 is 1.00. The van der Waals surface area contributed by atoms with Gasteiger partial charge in [-0.1, -0.05) is 12.1 Å². The Hall–Kier alpha value is -5.09. The van der Waals surface area contributed by atoms with Crippen LogP contribution in [0.25, 0.3) is 11.3 Å². The van der Waals surface area contributed by atoms with Gasteiger partial charge in [0, 0.05) is 17.4 Å². The van der Waals surface area contributed by atoms with E-state index in [1.54, 1.807) is 42.5 Å². The fraction of sp³-hybridized carbons (Fsp3) is 0.160. The lowest BCUT2D eigenvalue weighted by Gasteiger charge is -2.18. The van der Waals surface area contributed by atoms with Gasteiger partial charge in [0.2, 0.25) is 18.6 Å². The van der Waals surface area contributed by atoms with E-state index in [1.165, 1.54) is 12.5 Å². The molecule has 0 unspecified atom stereocenters. The molecular weight excluding hydrogens is 514 g/mol. The zero-order chi connectivity index (χ0) is 26.8. The lowest BCUT2D eigenvalue weighted by Crippen LogP contribution is -2.33. The van der Waals surface area contributed by atoms with Crippen molar-refractivity contribution in [1.29, 1.82) is 5.26 Å². The molecule has 1 amide bonds. The minimum atomic E-state index is -1.22. The standard InChI is InChI=1S/C25H19N5O7S/c1-35-23(33)16-11-38-24(27-16)29-21(31)17(8-13-2-4-14(10-26)5-3-13)30-22(32)20(28-25(30)34)15-6-7-18-19(9-15)37-12-36-18/h2-7,9,11,17,32H,8,12H2,1H3,(H,28,34)(H,27,29,31)/t17-/m0/s1. The molecule has 13 heteroatoms. The molecule has 1 atom stereocenters. The quantitative estimate of drug-likeness (QED) is 0.302. The number of aromatic nitrogens is 3. The third-order valence-corrected chi connectivity index (χ3v) is 6.58. The largest absolute Gasteiger partial charge is 0.493 e. The molecule has 0 radical (unpaired) electrons. The number of hydrogen-bond donors (Lipinski definition) is 3. The number of nitrogens with one attached hydrogen (secondary N) is 2. The second-order valence-corrected chi connectivity index (χ2v) is 8.97. The van der Waals surface area contributed by atoms with E-state index in [1.807, 2.05) is 6.07 Å². The number of imidazole rings is 1. The van der Waals surface area contributed by atoms with E-state index < -0.39 is 29.5 Å². The average molecular weight is 534 g/mol. The number of thiazole rings is 1. The minimum Gasteiger partial charge on any atom is -0.493 e. The number of methoxy groups -OCH3 is 1. The predicted molar refractivity (Wildman–Crippen MR) is 134 cm³/mol. The topological polar surface area (TPSA) is 169 Å². The van der Waals surface area contributed by atoms with Crippen molar-refractivity contribution in [2.75, 3.05) is 19.2 Å². The van der Waals surface area contributed by atoms with Gasteiger partial charge in [-0.2, -0.15) is 5.26 Å². The first kappa shape index (κ1) is 24.6. The fourth-order valence-corrected chi connectivity index (χ4v) is 4.62.